The van der Waals surface area contributed by atoms with Crippen LogP contribution in [-0.4, -0.2) is 12.0 Å². The fourth-order valence-corrected chi connectivity index (χ4v) is 2.42. The molecule has 1 aliphatic heterocycles. The number of anilines is 1. The molecule has 1 atom stereocenters. The van der Waals surface area contributed by atoms with E-state index in [1.54, 1.807) is 0 Å². The Bertz CT molecular complexity index is 457. The van der Waals surface area contributed by atoms with Crippen LogP contribution in [0.4, 0.5) is 5.69 Å². The van der Waals surface area contributed by atoms with Crippen LogP contribution in [0.5, 0.6) is 5.75 Å². The van der Waals surface area contributed by atoms with Crippen LogP contribution in [0.25, 0.3) is 0 Å². The van der Waals surface area contributed by atoms with E-state index in [2.05, 4.69) is 35.1 Å². The van der Waals surface area contributed by atoms with Crippen LogP contribution >= 0.6 is 15.9 Å². The third-order valence-electron chi connectivity index (χ3n) is 2.89. The average Bonchev–Trinajstić information content (AvgIpc) is 2.26. The number of carbonyl (C=O) groups excluding carboxylic acids is 1. The molecule has 3 nitrogen and oxygen atoms in total. The van der Waals surface area contributed by atoms with Crippen molar-refractivity contribution < 1.29 is 9.53 Å². The molecular weight excluding hydrogens is 282 g/mol. The van der Waals surface area contributed by atoms with Gasteiger partial charge in [0.1, 0.15) is 5.75 Å². The Hall–Kier alpha value is -1.03. The molecule has 1 unspecified atom stereocenters. The summed E-state index contributed by atoms with van der Waals surface area (Å²) in [5.74, 6) is 1.11. The lowest BCUT2D eigenvalue weighted by Crippen LogP contribution is -2.36. The number of benzene rings is 1. The summed E-state index contributed by atoms with van der Waals surface area (Å²) in [6, 6.07) is 3.93. The van der Waals surface area contributed by atoms with Crippen molar-refractivity contribution >= 4 is 27.5 Å². The number of amides is 1. The first-order valence-corrected chi connectivity index (χ1v) is 6.63. The van der Waals surface area contributed by atoms with Crippen LogP contribution in [0.15, 0.2) is 16.6 Å². The Morgan fingerprint density at radius 2 is 2.18 bits per heavy atom. The molecule has 1 amide bonds. The summed E-state index contributed by atoms with van der Waals surface area (Å²) in [6.45, 7) is 6.18. The predicted molar refractivity (Wildman–Crippen MR) is 71.6 cm³/mol. The van der Waals surface area contributed by atoms with Gasteiger partial charge in [-0.15, -0.1) is 0 Å². The van der Waals surface area contributed by atoms with E-state index in [0.29, 0.717) is 12.3 Å². The van der Waals surface area contributed by atoms with Gasteiger partial charge in [-0.2, -0.15) is 0 Å². The molecule has 2 rings (SSSR count). The second-order valence-electron chi connectivity index (χ2n) is 4.53. The maximum Gasteiger partial charge on any atom is 0.265 e. The maximum atomic E-state index is 11.7. The van der Waals surface area contributed by atoms with Crippen molar-refractivity contribution in [3.8, 4) is 5.75 Å². The Kier molecular flexibility index (Phi) is 3.43. The second-order valence-corrected chi connectivity index (χ2v) is 5.45. The van der Waals surface area contributed by atoms with Crippen molar-refractivity contribution in [1.82, 2.24) is 0 Å². The molecule has 1 aromatic rings. The Balaban J connectivity index is 2.50. The minimum absolute atomic E-state index is 0.0622. The molecule has 4 heteroatoms. The molecule has 1 aliphatic rings. The monoisotopic (exact) mass is 297 g/mol. The van der Waals surface area contributed by atoms with Crippen LogP contribution in [0.3, 0.4) is 0 Å². The third-order valence-corrected chi connectivity index (χ3v) is 3.34. The van der Waals surface area contributed by atoms with Gasteiger partial charge in [-0.3, -0.25) is 4.79 Å². The molecule has 1 aromatic carbocycles. The molecule has 0 bridgehead atoms. The lowest BCUT2D eigenvalue weighted by atomic mass is 10.00. The molecule has 0 saturated carbocycles. The zero-order chi connectivity index (χ0) is 12.6. The molecule has 0 aliphatic carbocycles. The summed E-state index contributed by atoms with van der Waals surface area (Å²) in [6.07, 6.45) is 0.306. The number of hydrogen-bond donors (Lipinski definition) is 1. The van der Waals surface area contributed by atoms with Gasteiger partial charge in [0.25, 0.3) is 5.91 Å². The van der Waals surface area contributed by atoms with Gasteiger partial charge < -0.3 is 10.1 Å². The molecule has 0 spiro atoms. The molecule has 17 heavy (non-hydrogen) atoms. The highest BCUT2D eigenvalue weighted by Crippen LogP contribution is 2.40. The van der Waals surface area contributed by atoms with Gasteiger partial charge >= 0.3 is 0 Å². The molecule has 0 fully saturated rings. The van der Waals surface area contributed by atoms with Crippen molar-refractivity contribution in [2.45, 2.75) is 39.2 Å². The number of halogens is 1. The minimum Gasteiger partial charge on any atom is -0.478 e. The van der Waals surface area contributed by atoms with E-state index in [1.807, 2.05) is 19.1 Å². The average molecular weight is 298 g/mol. The smallest absolute Gasteiger partial charge is 0.265 e. The van der Waals surface area contributed by atoms with E-state index in [1.165, 1.54) is 0 Å². The Labute approximate surface area is 110 Å². The van der Waals surface area contributed by atoms with Gasteiger partial charge in [0.2, 0.25) is 0 Å². The number of ether oxygens (including phenoxy) is 1. The summed E-state index contributed by atoms with van der Waals surface area (Å²) < 4.78 is 6.77. The first-order valence-electron chi connectivity index (χ1n) is 5.84. The first-order chi connectivity index (χ1) is 8.02. The summed E-state index contributed by atoms with van der Waals surface area (Å²) in [5, 5.41) is 2.90. The van der Waals surface area contributed by atoms with Crippen molar-refractivity contribution in [1.29, 1.82) is 0 Å². The standard InChI is InChI=1S/C13H16BrNO2/c1-4-11-13(16)15-10-6-8(14)5-9(7(2)3)12(10)17-11/h5-7,11H,4H2,1-3H3,(H,15,16). The molecule has 0 radical (unpaired) electrons. The van der Waals surface area contributed by atoms with E-state index in [4.69, 9.17) is 4.74 Å². The van der Waals surface area contributed by atoms with Gasteiger partial charge in [-0.05, 0) is 30.0 Å². The van der Waals surface area contributed by atoms with Crippen LogP contribution in [0.2, 0.25) is 0 Å². The first kappa shape index (κ1) is 12.4. The Morgan fingerprint density at radius 1 is 1.47 bits per heavy atom. The van der Waals surface area contributed by atoms with Gasteiger partial charge in [-0.25, -0.2) is 0 Å². The molecule has 1 heterocycles. The van der Waals surface area contributed by atoms with Crippen molar-refractivity contribution in [2.24, 2.45) is 0 Å². The van der Waals surface area contributed by atoms with Crippen LogP contribution in [0.1, 0.15) is 38.7 Å². The van der Waals surface area contributed by atoms with Crippen LogP contribution in [-0.2, 0) is 4.79 Å². The summed E-state index contributed by atoms with van der Waals surface area (Å²) in [7, 11) is 0. The molecule has 0 aromatic heterocycles. The fourth-order valence-electron chi connectivity index (χ4n) is 1.95. The lowest BCUT2D eigenvalue weighted by molar-refractivity contribution is -0.123. The summed E-state index contributed by atoms with van der Waals surface area (Å²) in [5.41, 5.74) is 1.88. The minimum atomic E-state index is -0.374. The SMILES string of the molecule is CCC1Oc2c(cc(Br)cc2C(C)C)NC1=O. The van der Waals surface area contributed by atoms with E-state index >= 15 is 0 Å². The van der Waals surface area contributed by atoms with Crippen molar-refractivity contribution in [2.75, 3.05) is 5.32 Å². The molecule has 0 saturated heterocycles. The highest BCUT2D eigenvalue weighted by atomic mass is 79.9. The zero-order valence-corrected chi connectivity index (χ0v) is 11.8. The maximum absolute atomic E-state index is 11.7. The lowest BCUT2D eigenvalue weighted by Gasteiger charge is -2.28. The second kappa shape index (κ2) is 4.69. The van der Waals surface area contributed by atoms with E-state index in [9.17, 15) is 4.79 Å². The van der Waals surface area contributed by atoms with Gasteiger partial charge in [-0.1, -0.05) is 36.7 Å². The van der Waals surface area contributed by atoms with Gasteiger partial charge in [0.05, 0.1) is 5.69 Å². The molecule has 1 N–H and O–H groups in total. The fraction of sp³-hybridized carbons (Fsp3) is 0.462. The molecule has 92 valence electrons. The number of carbonyl (C=O) groups is 1. The third kappa shape index (κ3) is 2.32. The van der Waals surface area contributed by atoms with Gasteiger partial charge in [0.15, 0.2) is 6.10 Å². The summed E-state index contributed by atoms with van der Waals surface area (Å²) in [4.78, 5) is 11.7. The number of rotatable bonds is 2. The molecular formula is C13H16BrNO2. The van der Waals surface area contributed by atoms with Crippen LogP contribution in [0, 0.1) is 0 Å². The zero-order valence-electron chi connectivity index (χ0n) is 10.2. The van der Waals surface area contributed by atoms with E-state index in [-0.39, 0.29) is 12.0 Å². The number of hydrogen-bond acceptors (Lipinski definition) is 2. The topological polar surface area (TPSA) is 38.3 Å². The van der Waals surface area contributed by atoms with Crippen LogP contribution < -0.4 is 10.1 Å². The normalized spacial score (nSPS) is 18.6. The van der Waals surface area contributed by atoms with E-state index < -0.39 is 0 Å². The highest BCUT2D eigenvalue weighted by molar-refractivity contribution is 9.10. The van der Waals surface area contributed by atoms with Crippen molar-refractivity contribution in [3.63, 3.8) is 0 Å². The predicted octanol–water partition coefficient (Wildman–Crippen LogP) is 3.68. The Morgan fingerprint density at radius 3 is 2.76 bits per heavy atom. The highest BCUT2D eigenvalue weighted by Gasteiger charge is 2.28. The summed E-state index contributed by atoms with van der Waals surface area (Å²) >= 11 is 3.45. The number of fused-ring (bicyclic) bond motifs is 1. The largest absolute Gasteiger partial charge is 0.478 e. The quantitative estimate of drug-likeness (QED) is 0.904. The van der Waals surface area contributed by atoms with E-state index in [0.717, 1.165) is 21.5 Å². The van der Waals surface area contributed by atoms with Gasteiger partial charge in [0, 0.05) is 4.47 Å². The van der Waals surface area contributed by atoms with Crippen molar-refractivity contribution in [3.05, 3.63) is 22.2 Å². The number of nitrogens with one attached hydrogen (secondary N) is 1.